The maximum absolute atomic E-state index is 12.7. The molecule has 1 aliphatic rings. The number of hydrogen-bond donors (Lipinski definition) is 0. The van der Waals surface area contributed by atoms with Crippen molar-refractivity contribution in [3.63, 3.8) is 0 Å². The minimum absolute atomic E-state index is 0.134. The number of piperidine rings is 1. The van der Waals surface area contributed by atoms with E-state index in [4.69, 9.17) is 0 Å². The Bertz CT molecular complexity index is 615. The topological polar surface area (TPSA) is 67.2 Å². The number of likely N-dealkylation sites (tertiary alicyclic amines) is 1. The summed E-state index contributed by atoms with van der Waals surface area (Å²) >= 11 is 0. The molecule has 0 radical (unpaired) electrons. The van der Waals surface area contributed by atoms with Gasteiger partial charge in [0.2, 0.25) is 5.91 Å². The second-order valence-corrected chi connectivity index (χ2v) is 5.88. The van der Waals surface area contributed by atoms with Crippen LogP contribution in [0.5, 0.6) is 0 Å². The molecule has 0 aromatic carbocycles. The molecule has 122 valence electrons. The molecular formula is C16H22N6O. The van der Waals surface area contributed by atoms with Crippen LogP contribution in [0.15, 0.2) is 37.1 Å². The van der Waals surface area contributed by atoms with Crippen LogP contribution in [0.4, 0.5) is 5.82 Å². The first-order chi connectivity index (χ1) is 11.2. The number of likely N-dealkylation sites (N-methyl/N-ethyl adjacent to an activating group) is 1. The van der Waals surface area contributed by atoms with Gasteiger partial charge in [-0.15, -0.1) is 0 Å². The van der Waals surface area contributed by atoms with Crippen molar-refractivity contribution >= 4 is 11.7 Å². The zero-order chi connectivity index (χ0) is 16.1. The third-order valence-corrected chi connectivity index (χ3v) is 4.22. The van der Waals surface area contributed by atoms with Gasteiger partial charge in [0.1, 0.15) is 5.82 Å². The number of carbonyl (C=O) groups is 1. The lowest BCUT2D eigenvalue weighted by atomic mass is 10.0. The fourth-order valence-corrected chi connectivity index (χ4v) is 3.01. The van der Waals surface area contributed by atoms with Crippen molar-refractivity contribution < 1.29 is 4.79 Å². The monoisotopic (exact) mass is 314 g/mol. The minimum Gasteiger partial charge on any atom is -0.349 e. The second kappa shape index (κ2) is 7.21. The van der Waals surface area contributed by atoms with Gasteiger partial charge in [0.15, 0.2) is 0 Å². The molecule has 23 heavy (non-hydrogen) atoms. The van der Waals surface area contributed by atoms with Gasteiger partial charge in [0.05, 0.1) is 25.3 Å². The second-order valence-electron chi connectivity index (χ2n) is 5.88. The van der Waals surface area contributed by atoms with E-state index in [0.717, 1.165) is 32.4 Å². The third kappa shape index (κ3) is 3.85. The molecule has 0 bridgehead atoms. The highest BCUT2D eigenvalue weighted by Crippen LogP contribution is 2.19. The SMILES string of the molecule is CN(CC(=O)N1CCCCC1Cn1cccn1)c1cnccn1. The number of amides is 1. The van der Waals surface area contributed by atoms with Crippen molar-refractivity contribution in [1.82, 2.24) is 24.6 Å². The normalized spacial score (nSPS) is 18.0. The first-order valence-corrected chi connectivity index (χ1v) is 7.98. The Kier molecular flexibility index (Phi) is 4.85. The van der Waals surface area contributed by atoms with E-state index < -0.39 is 0 Å². The smallest absolute Gasteiger partial charge is 0.242 e. The molecule has 1 aliphatic heterocycles. The fraction of sp³-hybridized carbons (Fsp3) is 0.500. The Morgan fingerprint density at radius 2 is 2.26 bits per heavy atom. The Hall–Kier alpha value is -2.44. The van der Waals surface area contributed by atoms with Crippen LogP contribution in [0, 0.1) is 0 Å². The van der Waals surface area contributed by atoms with Crippen LogP contribution in [0.2, 0.25) is 0 Å². The Morgan fingerprint density at radius 1 is 1.35 bits per heavy atom. The molecule has 0 aliphatic carbocycles. The summed E-state index contributed by atoms with van der Waals surface area (Å²) in [5, 5.41) is 4.26. The van der Waals surface area contributed by atoms with Crippen LogP contribution in [0.3, 0.4) is 0 Å². The van der Waals surface area contributed by atoms with Crippen LogP contribution >= 0.6 is 0 Å². The molecule has 1 unspecified atom stereocenters. The molecular weight excluding hydrogens is 292 g/mol. The molecule has 7 heteroatoms. The maximum atomic E-state index is 12.7. The fourth-order valence-electron chi connectivity index (χ4n) is 3.01. The average molecular weight is 314 g/mol. The van der Waals surface area contributed by atoms with Crippen LogP contribution in [-0.2, 0) is 11.3 Å². The minimum atomic E-state index is 0.134. The van der Waals surface area contributed by atoms with E-state index in [1.807, 2.05) is 33.8 Å². The number of rotatable bonds is 5. The number of hydrogen-bond acceptors (Lipinski definition) is 5. The molecule has 0 N–H and O–H groups in total. The summed E-state index contributed by atoms with van der Waals surface area (Å²) < 4.78 is 1.91. The Labute approximate surface area is 135 Å². The molecule has 1 saturated heterocycles. The largest absolute Gasteiger partial charge is 0.349 e. The third-order valence-electron chi connectivity index (χ3n) is 4.22. The van der Waals surface area contributed by atoms with Gasteiger partial charge in [-0.2, -0.15) is 5.10 Å². The number of nitrogens with zero attached hydrogens (tertiary/aromatic N) is 6. The predicted octanol–water partition coefficient (Wildman–Crippen LogP) is 1.19. The van der Waals surface area contributed by atoms with E-state index in [-0.39, 0.29) is 11.9 Å². The molecule has 1 atom stereocenters. The van der Waals surface area contributed by atoms with Gasteiger partial charge in [0, 0.05) is 38.4 Å². The number of aromatic nitrogens is 4. The van der Waals surface area contributed by atoms with Crippen molar-refractivity contribution in [3.05, 3.63) is 37.1 Å². The van der Waals surface area contributed by atoms with Gasteiger partial charge < -0.3 is 9.80 Å². The van der Waals surface area contributed by atoms with E-state index in [0.29, 0.717) is 12.4 Å². The van der Waals surface area contributed by atoms with Crippen molar-refractivity contribution in [2.24, 2.45) is 0 Å². The molecule has 7 nitrogen and oxygen atoms in total. The molecule has 3 rings (SSSR count). The molecule has 2 aromatic heterocycles. The van der Waals surface area contributed by atoms with Gasteiger partial charge in [-0.05, 0) is 25.3 Å². The number of carbonyl (C=O) groups excluding carboxylic acids is 1. The van der Waals surface area contributed by atoms with E-state index >= 15 is 0 Å². The molecule has 1 fully saturated rings. The molecule has 3 heterocycles. The van der Waals surface area contributed by atoms with Gasteiger partial charge in [-0.1, -0.05) is 0 Å². The molecule has 0 spiro atoms. The Balaban J connectivity index is 1.64. The summed E-state index contributed by atoms with van der Waals surface area (Å²) in [7, 11) is 1.87. The lowest BCUT2D eigenvalue weighted by Crippen LogP contribution is -2.49. The molecule has 0 saturated carbocycles. The van der Waals surface area contributed by atoms with Crippen molar-refractivity contribution in [3.8, 4) is 0 Å². The van der Waals surface area contributed by atoms with Gasteiger partial charge in [-0.3, -0.25) is 14.5 Å². The van der Waals surface area contributed by atoms with Crippen molar-refractivity contribution in [2.75, 3.05) is 25.0 Å². The average Bonchev–Trinajstić information content (AvgIpc) is 3.09. The summed E-state index contributed by atoms with van der Waals surface area (Å²) in [6, 6.07) is 2.13. The highest BCUT2D eigenvalue weighted by atomic mass is 16.2. The summed E-state index contributed by atoms with van der Waals surface area (Å²) in [5.41, 5.74) is 0. The van der Waals surface area contributed by atoms with Crippen LogP contribution in [0.1, 0.15) is 19.3 Å². The highest BCUT2D eigenvalue weighted by Gasteiger charge is 2.27. The van der Waals surface area contributed by atoms with Crippen LogP contribution in [-0.4, -0.2) is 56.7 Å². The van der Waals surface area contributed by atoms with Crippen LogP contribution < -0.4 is 4.90 Å². The Morgan fingerprint density at radius 3 is 3.00 bits per heavy atom. The van der Waals surface area contributed by atoms with E-state index in [2.05, 4.69) is 15.1 Å². The quantitative estimate of drug-likeness (QED) is 0.829. The first-order valence-electron chi connectivity index (χ1n) is 7.98. The van der Waals surface area contributed by atoms with E-state index in [1.165, 1.54) is 0 Å². The summed E-state index contributed by atoms with van der Waals surface area (Å²) in [6.45, 7) is 1.89. The van der Waals surface area contributed by atoms with Gasteiger partial charge >= 0.3 is 0 Å². The lowest BCUT2D eigenvalue weighted by molar-refractivity contribution is -0.133. The highest BCUT2D eigenvalue weighted by molar-refractivity contribution is 5.81. The lowest BCUT2D eigenvalue weighted by Gasteiger charge is -2.36. The van der Waals surface area contributed by atoms with Gasteiger partial charge in [-0.25, -0.2) is 4.98 Å². The maximum Gasteiger partial charge on any atom is 0.242 e. The number of anilines is 1. The summed E-state index contributed by atoms with van der Waals surface area (Å²) in [6.07, 6.45) is 11.9. The zero-order valence-corrected chi connectivity index (χ0v) is 13.4. The van der Waals surface area contributed by atoms with Crippen LogP contribution in [0.25, 0.3) is 0 Å². The van der Waals surface area contributed by atoms with E-state index in [1.54, 1.807) is 24.8 Å². The standard InChI is InChI=1S/C16H22N6O/c1-20(15-11-17-7-8-18-15)13-16(23)22-10-3-2-5-14(22)12-21-9-4-6-19-21/h4,6-9,11,14H,2-3,5,10,12-13H2,1H3. The summed E-state index contributed by atoms with van der Waals surface area (Å²) in [5.74, 6) is 0.844. The van der Waals surface area contributed by atoms with Crippen molar-refractivity contribution in [1.29, 1.82) is 0 Å². The van der Waals surface area contributed by atoms with E-state index in [9.17, 15) is 4.79 Å². The first kappa shape index (κ1) is 15.5. The van der Waals surface area contributed by atoms with Gasteiger partial charge in [0.25, 0.3) is 0 Å². The molecule has 2 aromatic rings. The zero-order valence-electron chi connectivity index (χ0n) is 13.4. The molecule has 1 amide bonds. The summed E-state index contributed by atoms with van der Waals surface area (Å²) in [4.78, 5) is 24.9. The predicted molar refractivity (Wildman–Crippen MR) is 86.9 cm³/mol. The van der Waals surface area contributed by atoms with Crippen molar-refractivity contribution in [2.45, 2.75) is 31.8 Å².